The molecule has 0 saturated carbocycles. The summed E-state index contributed by atoms with van der Waals surface area (Å²) in [6, 6.07) is 22.2. The van der Waals surface area contributed by atoms with Crippen LogP contribution in [0, 0.1) is 5.92 Å². The zero-order chi connectivity index (χ0) is 26.1. The molecule has 1 amide bonds. The third kappa shape index (κ3) is 7.05. The number of anilines is 2. The molecule has 7 nitrogen and oxygen atoms in total. The van der Waals surface area contributed by atoms with Gasteiger partial charge in [-0.05, 0) is 80.0 Å². The number of carbonyl (C=O) groups excluding carboxylic acids is 1. The van der Waals surface area contributed by atoms with Crippen molar-refractivity contribution in [2.45, 2.75) is 32.1 Å². The maximum Gasteiger partial charge on any atom is 0.264 e. The summed E-state index contributed by atoms with van der Waals surface area (Å²) in [4.78, 5) is 12.9. The van der Waals surface area contributed by atoms with E-state index in [0.717, 1.165) is 6.42 Å². The SMILES string of the molecule is CCN(c1ccccc1)S(=O)(=O)c1ccc(NC(=S)NC(=O)c2ccccc2OCCC(C)C)cc1. The first-order valence-electron chi connectivity index (χ1n) is 11.7. The van der Waals surface area contributed by atoms with Crippen molar-refractivity contribution < 1.29 is 17.9 Å². The largest absolute Gasteiger partial charge is 0.493 e. The summed E-state index contributed by atoms with van der Waals surface area (Å²) in [7, 11) is -3.73. The quantitative estimate of drug-likeness (QED) is 0.342. The number of para-hydroxylation sites is 2. The molecule has 0 unspecified atom stereocenters. The molecule has 3 rings (SSSR count). The van der Waals surface area contributed by atoms with Gasteiger partial charge in [-0.3, -0.25) is 14.4 Å². The zero-order valence-corrected chi connectivity index (χ0v) is 22.2. The number of hydrogen-bond donors (Lipinski definition) is 2. The number of amides is 1. The van der Waals surface area contributed by atoms with Gasteiger partial charge in [0.2, 0.25) is 0 Å². The van der Waals surface area contributed by atoms with Crippen LogP contribution in [0.3, 0.4) is 0 Å². The monoisotopic (exact) mass is 525 g/mol. The Morgan fingerprint density at radius 2 is 1.61 bits per heavy atom. The average Bonchev–Trinajstić information content (AvgIpc) is 2.85. The van der Waals surface area contributed by atoms with Gasteiger partial charge in [0.15, 0.2) is 5.11 Å². The lowest BCUT2D eigenvalue weighted by Gasteiger charge is -2.23. The van der Waals surface area contributed by atoms with Crippen LogP contribution in [-0.2, 0) is 10.0 Å². The maximum absolute atomic E-state index is 13.2. The molecule has 0 saturated heterocycles. The summed E-state index contributed by atoms with van der Waals surface area (Å²) in [5.74, 6) is 0.590. The molecule has 0 radical (unpaired) electrons. The number of sulfonamides is 1. The highest BCUT2D eigenvalue weighted by atomic mass is 32.2. The molecule has 9 heteroatoms. The van der Waals surface area contributed by atoms with Gasteiger partial charge < -0.3 is 10.1 Å². The molecule has 0 bridgehead atoms. The van der Waals surface area contributed by atoms with Crippen molar-refractivity contribution in [3.63, 3.8) is 0 Å². The van der Waals surface area contributed by atoms with E-state index < -0.39 is 15.9 Å². The Labute approximate surface area is 218 Å². The molecule has 0 atom stereocenters. The van der Waals surface area contributed by atoms with E-state index in [0.29, 0.717) is 41.8 Å². The van der Waals surface area contributed by atoms with Gasteiger partial charge in [-0.25, -0.2) is 8.42 Å². The van der Waals surface area contributed by atoms with Crippen molar-refractivity contribution in [1.82, 2.24) is 5.32 Å². The summed E-state index contributed by atoms with van der Waals surface area (Å²) in [6.45, 7) is 6.81. The summed E-state index contributed by atoms with van der Waals surface area (Å²) >= 11 is 5.30. The Hall–Kier alpha value is -3.43. The molecule has 190 valence electrons. The molecule has 0 aromatic heterocycles. The maximum atomic E-state index is 13.2. The van der Waals surface area contributed by atoms with Crippen molar-refractivity contribution in [2.24, 2.45) is 5.92 Å². The molecule has 0 aliphatic rings. The normalized spacial score (nSPS) is 11.1. The molecular formula is C27H31N3O4S2. The number of carbonyl (C=O) groups is 1. The molecule has 0 fully saturated rings. The number of thiocarbonyl (C=S) groups is 1. The highest BCUT2D eigenvalue weighted by Crippen LogP contribution is 2.24. The second kappa shape index (κ2) is 12.5. The van der Waals surface area contributed by atoms with Crippen LogP contribution in [0.1, 0.15) is 37.6 Å². The van der Waals surface area contributed by atoms with E-state index in [1.807, 2.05) is 12.1 Å². The summed E-state index contributed by atoms with van der Waals surface area (Å²) < 4.78 is 33.4. The standard InChI is InChI=1S/C27H31N3O4S2/c1-4-30(22-10-6-5-7-11-22)36(32,33)23-16-14-21(15-17-23)28-27(35)29-26(31)24-12-8-9-13-25(24)34-19-18-20(2)3/h5-17,20H,4,18-19H2,1-3H3,(H2,28,29,31,35). The third-order valence-electron chi connectivity index (χ3n) is 5.34. The van der Waals surface area contributed by atoms with Gasteiger partial charge in [0.05, 0.1) is 22.8 Å². The molecular weight excluding hydrogens is 494 g/mol. The summed E-state index contributed by atoms with van der Waals surface area (Å²) in [5.41, 5.74) is 1.52. The molecule has 3 aromatic rings. The van der Waals surface area contributed by atoms with Gasteiger partial charge in [-0.1, -0.05) is 44.2 Å². The van der Waals surface area contributed by atoms with Gasteiger partial charge in [-0.15, -0.1) is 0 Å². The first-order chi connectivity index (χ1) is 17.2. The van der Waals surface area contributed by atoms with E-state index in [1.54, 1.807) is 61.5 Å². The van der Waals surface area contributed by atoms with Crippen LogP contribution in [0.2, 0.25) is 0 Å². The van der Waals surface area contributed by atoms with Crippen molar-refractivity contribution in [1.29, 1.82) is 0 Å². The van der Waals surface area contributed by atoms with E-state index in [1.165, 1.54) is 16.4 Å². The Kier molecular flexibility index (Phi) is 9.44. The van der Waals surface area contributed by atoms with Crippen molar-refractivity contribution in [3.05, 3.63) is 84.4 Å². The second-order valence-corrected chi connectivity index (χ2v) is 10.7. The van der Waals surface area contributed by atoms with Gasteiger partial charge in [0.1, 0.15) is 5.75 Å². The molecule has 0 aliphatic carbocycles. The van der Waals surface area contributed by atoms with Crippen LogP contribution < -0.4 is 19.7 Å². The smallest absolute Gasteiger partial charge is 0.264 e. The number of ether oxygens (including phenoxy) is 1. The van der Waals surface area contributed by atoms with Crippen LogP contribution in [0.25, 0.3) is 0 Å². The zero-order valence-electron chi connectivity index (χ0n) is 20.6. The van der Waals surface area contributed by atoms with Crippen molar-refractivity contribution in [2.75, 3.05) is 22.8 Å². The van der Waals surface area contributed by atoms with E-state index in [-0.39, 0.29) is 10.0 Å². The number of hydrogen-bond acceptors (Lipinski definition) is 5. The predicted octanol–water partition coefficient (Wildman–Crippen LogP) is 5.45. The lowest BCUT2D eigenvalue weighted by Crippen LogP contribution is -2.34. The molecule has 3 aromatic carbocycles. The molecule has 2 N–H and O–H groups in total. The fourth-order valence-electron chi connectivity index (χ4n) is 3.44. The minimum atomic E-state index is -3.73. The first-order valence-corrected chi connectivity index (χ1v) is 13.6. The molecule has 0 heterocycles. The summed E-state index contributed by atoms with van der Waals surface area (Å²) in [5, 5.41) is 5.67. The van der Waals surface area contributed by atoms with Crippen LogP contribution in [-0.4, -0.2) is 32.6 Å². The molecule has 0 aliphatic heterocycles. The third-order valence-corrected chi connectivity index (χ3v) is 7.46. The minimum Gasteiger partial charge on any atom is -0.493 e. The minimum absolute atomic E-state index is 0.0899. The number of nitrogens with zero attached hydrogens (tertiary/aromatic N) is 1. The Morgan fingerprint density at radius 1 is 0.972 bits per heavy atom. The molecule has 36 heavy (non-hydrogen) atoms. The number of benzene rings is 3. The fourth-order valence-corrected chi connectivity index (χ4v) is 5.12. The second-order valence-electron chi connectivity index (χ2n) is 8.47. The van der Waals surface area contributed by atoms with E-state index >= 15 is 0 Å². The van der Waals surface area contributed by atoms with Crippen LogP contribution in [0.15, 0.2) is 83.8 Å². The van der Waals surface area contributed by atoms with E-state index in [9.17, 15) is 13.2 Å². The summed E-state index contributed by atoms with van der Waals surface area (Å²) in [6.07, 6.45) is 0.878. The van der Waals surface area contributed by atoms with Crippen LogP contribution in [0.4, 0.5) is 11.4 Å². The predicted molar refractivity (Wildman–Crippen MR) is 148 cm³/mol. The fraction of sp³-hybridized carbons (Fsp3) is 0.259. The van der Waals surface area contributed by atoms with Gasteiger partial charge >= 0.3 is 0 Å². The van der Waals surface area contributed by atoms with Crippen LogP contribution >= 0.6 is 12.2 Å². The first kappa shape index (κ1) is 27.2. The highest BCUT2D eigenvalue weighted by molar-refractivity contribution is 7.92. The number of nitrogens with one attached hydrogen (secondary N) is 2. The number of rotatable bonds is 10. The topological polar surface area (TPSA) is 87.7 Å². The average molecular weight is 526 g/mol. The lowest BCUT2D eigenvalue weighted by molar-refractivity contribution is 0.0973. The van der Waals surface area contributed by atoms with Gasteiger partial charge in [-0.2, -0.15) is 0 Å². The van der Waals surface area contributed by atoms with Crippen molar-refractivity contribution in [3.8, 4) is 5.75 Å². The molecule has 0 spiro atoms. The highest BCUT2D eigenvalue weighted by Gasteiger charge is 2.23. The van der Waals surface area contributed by atoms with Gasteiger partial charge in [0.25, 0.3) is 15.9 Å². The Balaban J connectivity index is 1.65. The lowest BCUT2D eigenvalue weighted by atomic mass is 10.1. The Bertz CT molecular complexity index is 1280. The van der Waals surface area contributed by atoms with Crippen LogP contribution in [0.5, 0.6) is 5.75 Å². The van der Waals surface area contributed by atoms with E-state index in [2.05, 4.69) is 24.5 Å². The van der Waals surface area contributed by atoms with Gasteiger partial charge in [0, 0.05) is 12.2 Å². The Morgan fingerprint density at radius 3 is 2.25 bits per heavy atom. The van der Waals surface area contributed by atoms with E-state index in [4.69, 9.17) is 17.0 Å². The van der Waals surface area contributed by atoms with Crippen molar-refractivity contribution >= 4 is 44.6 Å².